The second-order valence-electron chi connectivity index (χ2n) is 4.43. The first-order valence-electron chi connectivity index (χ1n) is 6.02. The predicted octanol–water partition coefficient (Wildman–Crippen LogP) is 1.29. The molecule has 98 valence electrons. The third-order valence-electron chi connectivity index (χ3n) is 2.67. The molecule has 1 rings (SSSR count). The third kappa shape index (κ3) is 3.71. The number of rotatable bonds is 7. The van der Waals surface area contributed by atoms with E-state index in [-0.39, 0.29) is 0 Å². The molecule has 0 saturated carbocycles. The van der Waals surface area contributed by atoms with Crippen molar-refractivity contribution in [3.05, 3.63) is 11.9 Å². The highest BCUT2D eigenvalue weighted by Crippen LogP contribution is 2.27. The molecule has 0 bridgehead atoms. The van der Waals surface area contributed by atoms with Crippen molar-refractivity contribution in [2.45, 2.75) is 32.4 Å². The zero-order valence-corrected chi connectivity index (χ0v) is 11.2. The van der Waals surface area contributed by atoms with Gasteiger partial charge in [-0.25, -0.2) is 0 Å². The van der Waals surface area contributed by atoms with E-state index in [9.17, 15) is 5.11 Å². The average Bonchev–Trinajstić information content (AvgIpc) is 2.69. The van der Waals surface area contributed by atoms with Crippen LogP contribution in [0.3, 0.4) is 0 Å². The Bertz CT molecular complexity index is 336. The van der Waals surface area contributed by atoms with E-state index in [0.29, 0.717) is 12.2 Å². The van der Waals surface area contributed by atoms with Crippen molar-refractivity contribution in [3.8, 4) is 5.75 Å². The molecule has 1 heterocycles. The van der Waals surface area contributed by atoms with Gasteiger partial charge in [-0.05, 0) is 26.9 Å². The van der Waals surface area contributed by atoms with Gasteiger partial charge < -0.3 is 14.7 Å². The van der Waals surface area contributed by atoms with Crippen LogP contribution in [-0.2, 0) is 6.54 Å². The van der Waals surface area contributed by atoms with Crippen LogP contribution in [0.1, 0.15) is 31.6 Å². The molecular formula is C12H23N3O2. The first-order chi connectivity index (χ1) is 8.10. The van der Waals surface area contributed by atoms with Gasteiger partial charge in [0.05, 0.1) is 13.3 Å². The summed E-state index contributed by atoms with van der Waals surface area (Å²) in [6.45, 7) is 3.73. The Morgan fingerprint density at radius 1 is 1.53 bits per heavy atom. The predicted molar refractivity (Wildman–Crippen MR) is 67.2 cm³/mol. The lowest BCUT2D eigenvalue weighted by Crippen LogP contribution is -2.18. The maximum Gasteiger partial charge on any atom is 0.162 e. The van der Waals surface area contributed by atoms with Gasteiger partial charge in [0, 0.05) is 13.1 Å². The first-order valence-corrected chi connectivity index (χ1v) is 6.02. The molecular weight excluding hydrogens is 218 g/mol. The summed E-state index contributed by atoms with van der Waals surface area (Å²) in [5, 5.41) is 14.5. The number of aliphatic hydroxyl groups is 1. The Morgan fingerprint density at radius 3 is 2.76 bits per heavy atom. The van der Waals surface area contributed by atoms with Crippen molar-refractivity contribution in [3.63, 3.8) is 0 Å². The Kier molecular flexibility index (Phi) is 5.44. The van der Waals surface area contributed by atoms with Crippen molar-refractivity contribution < 1.29 is 9.84 Å². The zero-order valence-electron chi connectivity index (χ0n) is 11.2. The number of hydrogen-bond donors (Lipinski definition) is 1. The molecule has 1 aromatic rings. The van der Waals surface area contributed by atoms with Crippen LogP contribution in [-0.4, -0.2) is 47.5 Å². The van der Waals surface area contributed by atoms with Crippen LogP contribution in [0.25, 0.3) is 0 Å². The lowest BCUT2D eigenvalue weighted by Gasteiger charge is -2.17. The van der Waals surface area contributed by atoms with E-state index < -0.39 is 6.10 Å². The summed E-state index contributed by atoms with van der Waals surface area (Å²) in [5.74, 6) is 0.671. The van der Waals surface area contributed by atoms with Gasteiger partial charge in [0.25, 0.3) is 0 Å². The molecule has 0 aliphatic carbocycles. The number of ether oxygens (including phenoxy) is 1. The quantitative estimate of drug-likeness (QED) is 0.781. The Morgan fingerprint density at radius 2 is 2.24 bits per heavy atom. The minimum absolute atomic E-state index is 0.526. The lowest BCUT2D eigenvalue weighted by atomic mass is 10.1. The average molecular weight is 241 g/mol. The maximum absolute atomic E-state index is 10.2. The van der Waals surface area contributed by atoms with E-state index >= 15 is 0 Å². The highest BCUT2D eigenvalue weighted by atomic mass is 16.5. The number of aliphatic hydroxyl groups excluding tert-OH is 1. The topological polar surface area (TPSA) is 50.5 Å². The SMILES string of the molecule is CCCn1ncc(OC)c1C(O)CCN(C)C. The normalized spacial score (nSPS) is 13.1. The fourth-order valence-electron chi connectivity index (χ4n) is 1.78. The summed E-state index contributed by atoms with van der Waals surface area (Å²) < 4.78 is 7.08. The molecule has 17 heavy (non-hydrogen) atoms. The van der Waals surface area contributed by atoms with E-state index in [1.54, 1.807) is 13.3 Å². The van der Waals surface area contributed by atoms with Crippen molar-refractivity contribution >= 4 is 0 Å². The Hall–Kier alpha value is -1.07. The fourth-order valence-corrected chi connectivity index (χ4v) is 1.78. The van der Waals surface area contributed by atoms with Crippen molar-refractivity contribution in [1.29, 1.82) is 0 Å². The van der Waals surface area contributed by atoms with E-state index in [1.807, 2.05) is 18.8 Å². The smallest absolute Gasteiger partial charge is 0.162 e. The Balaban J connectivity index is 2.80. The molecule has 5 nitrogen and oxygen atoms in total. The summed E-state index contributed by atoms with van der Waals surface area (Å²) >= 11 is 0. The molecule has 1 N–H and O–H groups in total. The highest BCUT2D eigenvalue weighted by molar-refractivity contribution is 5.27. The van der Waals surface area contributed by atoms with Gasteiger partial charge in [-0.1, -0.05) is 6.92 Å². The molecule has 1 aromatic heterocycles. The minimum Gasteiger partial charge on any atom is -0.493 e. The summed E-state index contributed by atoms with van der Waals surface area (Å²) in [6, 6.07) is 0. The monoisotopic (exact) mass is 241 g/mol. The summed E-state index contributed by atoms with van der Waals surface area (Å²) in [7, 11) is 5.59. The van der Waals surface area contributed by atoms with Crippen LogP contribution in [0.4, 0.5) is 0 Å². The molecule has 1 unspecified atom stereocenters. The lowest BCUT2D eigenvalue weighted by molar-refractivity contribution is 0.140. The molecule has 1 atom stereocenters. The number of methoxy groups -OCH3 is 1. The van der Waals surface area contributed by atoms with Crippen LogP contribution in [0.5, 0.6) is 5.75 Å². The van der Waals surface area contributed by atoms with Crippen LogP contribution in [0.15, 0.2) is 6.20 Å². The molecule has 0 aliphatic heterocycles. The molecule has 5 heteroatoms. The number of aromatic nitrogens is 2. The largest absolute Gasteiger partial charge is 0.493 e. The Labute approximate surface area is 103 Å². The van der Waals surface area contributed by atoms with Crippen LogP contribution in [0.2, 0.25) is 0 Å². The van der Waals surface area contributed by atoms with E-state index in [1.165, 1.54) is 0 Å². The zero-order chi connectivity index (χ0) is 12.8. The van der Waals surface area contributed by atoms with E-state index in [4.69, 9.17) is 4.74 Å². The molecule has 0 radical (unpaired) electrons. The van der Waals surface area contributed by atoms with Crippen molar-refractivity contribution in [2.24, 2.45) is 0 Å². The van der Waals surface area contributed by atoms with Gasteiger partial charge in [-0.2, -0.15) is 5.10 Å². The maximum atomic E-state index is 10.2. The van der Waals surface area contributed by atoms with Gasteiger partial charge in [-0.15, -0.1) is 0 Å². The van der Waals surface area contributed by atoms with Crippen molar-refractivity contribution in [1.82, 2.24) is 14.7 Å². The van der Waals surface area contributed by atoms with E-state index in [2.05, 4.69) is 16.9 Å². The first kappa shape index (κ1) is 14.0. The molecule has 0 spiro atoms. The van der Waals surface area contributed by atoms with Gasteiger partial charge in [-0.3, -0.25) is 4.68 Å². The van der Waals surface area contributed by atoms with Gasteiger partial charge >= 0.3 is 0 Å². The molecule has 0 aliphatic rings. The highest BCUT2D eigenvalue weighted by Gasteiger charge is 2.19. The minimum atomic E-state index is -0.526. The summed E-state index contributed by atoms with van der Waals surface area (Å²) in [5.41, 5.74) is 0.788. The van der Waals surface area contributed by atoms with Gasteiger partial charge in [0.15, 0.2) is 5.75 Å². The number of aryl methyl sites for hydroxylation is 1. The van der Waals surface area contributed by atoms with Crippen molar-refractivity contribution in [2.75, 3.05) is 27.7 Å². The third-order valence-corrected chi connectivity index (χ3v) is 2.67. The standard InChI is InChI=1S/C12H23N3O2/c1-5-7-15-12(11(17-4)9-13-15)10(16)6-8-14(2)3/h9-10,16H,5-8H2,1-4H3. The van der Waals surface area contributed by atoms with Gasteiger partial charge in [0.2, 0.25) is 0 Å². The summed E-state index contributed by atoms with van der Waals surface area (Å²) in [4.78, 5) is 2.05. The van der Waals surface area contributed by atoms with E-state index in [0.717, 1.165) is 25.2 Å². The van der Waals surface area contributed by atoms with Crippen LogP contribution >= 0.6 is 0 Å². The van der Waals surface area contributed by atoms with Crippen LogP contribution in [0, 0.1) is 0 Å². The fraction of sp³-hybridized carbons (Fsp3) is 0.750. The summed E-state index contributed by atoms with van der Waals surface area (Å²) in [6.07, 6.45) is 2.81. The molecule has 0 fully saturated rings. The number of hydrogen-bond acceptors (Lipinski definition) is 4. The molecule has 0 saturated heterocycles. The molecule has 0 amide bonds. The molecule has 0 aromatic carbocycles. The van der Waals surface area contributed by atoms with Crippen LogP contribution < -0.4 is 4.74 Å². The van der Waals surface area contributed by atoms with Gasteiger partial charge in [0.1, 0.15) is 11.8 Å². The second-order valence-corrected chi connectivity index (χ2v) is 4.43. The second kappa shape index (κ2) is 6.61. The number of nitrogens with zero attached hydrogens (tertiary/aromatic N) is 3.